The van der Waals surface area contributed by atoms with E-state index in [1.165, 1.54) is 12.1 Å². The number of nitrogens with zero attached hydrogens (tertiary/aromatic N) is 4. The predicted octanol–water partition coefficient (Wildman–Crippen LogP) is 3.17. The van der Waals surface area contributed by atoms with Crippen LogP contribution < -0.4 is 5.73 Å². The molecule has 0 radical (unpaired) electrons. The summed E-state index contributed by atoms with van der Waals surface area (Å²) in [4.78, 5) is 18.8. The van der Waals surface area contributed by atoms with Gasteiger partial charge in [-0.2, -0.15) is 5.26 Å². The zero-order valence-electron chi connectivity index (χ0n) is 12.4. The lowest BCUT2D eigenvalue weighted by molar-refractivity contribution is -0.384. The molecule has 2 aromatic heterocycles. The van der Waals surface area contributed by atoms with Gasteiger partial charge in [0.15, 0.2) is 0 Å². The Bertz CT molecular complexity index is 947. The first kappa shape index (κ1) is 15.1. The van der Waals surface area contributed by atoms with Crippen LogP contribution in [0.15, 0.2) is 54.7 Å². The third-order valence-corrected chi connectivity index (χ3v) is 3.47. The molecule has 1 aromatic carbocycles. The Labute approximate surface area is 137 Å². The van der Waals surface area contributed by atoms with Gasteiger partial charge in [-0.05, 0) is 30.3 Å². The zero-order valence-corrected chi connectivity index (χ0v) is 12.4. The molecular formula is C17H11N5O2. The average Bonchev–Trinajstić information content (AvgIpc) is 2.62. The summed E-state index contributed by atoms with van der Waals surface area (Å²) in [6.07, 6.45) is 1.62. The van der Waals surface area contributed by atoms with Crippen LogP contribution in [0.4, 0.5) is 11.5 Å². The molecule has 0 aliphatic rings. The van der Waals surface area contributed by atoms with E-state index in [1.54, 1.807) is 36.5 Å². The highest BCUT2D eigenvalue weighted by atomic mass is 16.6. The fourth-order valence-electron chi connectivity index (χ4n) is 2.31. The van der Waals surface area contributed by atoms with E-state index in [0.717, 1.165) is 0 Å². The minimum absolute atomic E-state index is 0.00897. The van der Waals surface area contributed by atoms with Gasteiger partial charge in [-0.15, -0.1) is 0 Å². The first-order valence-electron chi connectivity index (χ1n) is 6.97. The second kappa shape index (κ2) is 6.14. The van der Waals surface area contributed by atoms with Gasteiger partial charge in [0.2, 0.25) is 0 Å². The summed E-state index contributed by atoms with van der Waals surface area (Å²) in [6.45, 7) is 0. The Morgan fingerprint density at radius 3 is 2.46 bits per heavy atom. The molecule has 3 rings (SSSR count). The summed E-state index contributed by atoms with van der Waals surface area (Å²) in [5.74, 6) is 0.0917. The molecule has 3 aromatic rings. The number of hydrogen-bond acceptors (Lipinski definition) is 6. The number of non-ortho nitro benzene ring substituents is 1. The lowest BCUT2D eigenvalue weighted by atomic mass is 10.0. The number of aromatic nitrogens is 2. The quantitative estimate of drug-likeness (QED) is 0.585. The molecule has 116 valence electrons. The van der Waals surface area contributed by atoms with Crippen LogP contribution in [0.5, 0.6) is 0 Å². The van der Waals surface area contributed by atoms with Gasteiger partial charge < -0.3 is 5.73 Å². The van der Waals surface area contributed by atoms with E-state index in [2.05, 4.69) is 9.97 Å². The average molecular weight is 317 g/mol. The zero-order chi connectivity index (χ0) is 17.1. The summed E-state index contributed by atoms with van der Waals surface area (Å²) < 4.78 is 0. The van der Waals surface area contributed by atoms with Crippen molar-refractivity contribution in [3.63, 3.8) is 0 Å². The largest absolute Gasteiger partial charge is 0.383 e. The van der Waals surface area contributed by atoms with Crippen molar-refractivity contribution in [2.24, 2.45) is 0 Å². The number of anilines is 1. The highest BCUT2D eigenvalue weighted by Crippen LogP contribution is 2.30. The number of nitro groups is 1. The number of benzene rings is 1. The molecule has 0 aliphatic carbocycles. The molecule has 0 aliphatic heterocycles. The van der Waals surface area contributed by atoms with Gasteiger partial charge in [0, 0.05) is 29.5 Å². The van der Waals surface area contributed by atoms with Gasteiger partial charge in [0.1, 0.15) is 17.5 Å². The van der Waals surface area contributed by atoms with Crippen molar-refractivity contribution in [3.05, 3.63) is 70.4 Å². The van der Waals surface area contributed by atoms with Crippen molar-refractivity contribution in [1.82, 2.24) is 9.97 Å². The summed E-state index contributed by atoms with van der Waals surface area (Å²) in [5, 5.41) is 20.1. The maximum Gasteiger partial charge on any atom is 0.269 e. The first-order valence-corrected chi connectivity index (χ1v) is 6.97. The van der Waals surface area contributed by atoms with Crippen molar-refractivity contribution >= 4 is 11.5 Å². The molecule has 7 heteroatoms. The van der Waals surface area contributed by atoms with E-state index in [9.17, 15) is 15.4 Å². The maximum absolute atomic E-state index is 10.8. The smallest absolute Gasteiger partial charge is 0.269 e. The Kier molecular flexibility index (Phi) is 3.87. The summed E-state index contributed by atoms with van der Waals surface area (Å²) in [5.41, 5.74) is 8.50. The van der Waals surface area contributed by atoms with E-state index in [0.29, 0.717) is 22.5 Å². The third-order valence-electron chi connectivity index (χ3n) is 3.47. The van der Waals surface area contributed by atoms with Crippen molar-refractivity contribution in [3.8, 4) is 28.6 Å². The van der Waals surface area contributed by atoms with Crippen LogP contribution in [0, 0.1) is 21.4 Å². The van der Waals surface area contributed by atoms with E-state index in [4.69, 9.17) is 5.73 Å². The van der Waals surface area contributed by atoms with Gasteiger partial charge in [-0.3, -0.25) is 15.1 Å². The molecular weight excluding hydrogens is 306 g/mol. The van der Waals surface area contributed by atoms with Crippen molar-refractivity contribution in [2.75, 3.05) is 5.73 Å². The van der Waals surface area contributed by atoms with Crippen LogP contribution in [0.1, 0.15) is 5.56 Å². The molecule has 0 unspecified atom stereocenters. The van der Waals surface area contributed by atoms with Crippen LogP contribution in [0.2, 0.25) is 0 Å². The first-order chi connectivity index (χ1) is 11.6. The Morgan fingerprint density at radius 2 is 1.88 bits per heavy atom. The van der Waals surface area contributed by atoms with Gasteiger partial charge in [0.05, 0.1) is 16.3 Å². The number of rotatable bonds is 3. The van der Waals surface area contributed by atoms with Gasteiger partial charge >= 0.3 is 0 Å². The SMILES string of the molecule is N#Cc1c(-c2ccccn2)cc(-c2ccc([N+](=O)[O-])cc2)nc1N. The third kappa shape index (κ3) is 2.76. The highest BCUT2D eigenvalue weighted by molar-refractivity contribution is 5.78. The van der Waals surface area contributed by atoms with E-state index < -0.39 is 4.92 Å². The second-order valence-electron chi connectivity index (χ2n) is 4.95. The van der Waals surface area contributed by atoms with Gasteiger partial charge in [-0.25, -0.2) is 4.98 Å². The molecule has 0 fully saturated rings. The molecule has 0 saturated carbocycles. The number of nitriles is 1. The number of hydrogen-bond donors (Lipinski definition) is 1. The normalized spacial score (nSPS) is 10.1. The lowest BCUT2D eigenvalue weighted by Crippen LogP contribution is -2.00. The fourth-order valence-corrected chi connectivity index (χ4v) is 2.31. The highest BCUT2D eigenvalue weighted by Gasteiger charge is 2.14. The summed E-state index contributed by atoms with van der Waals surface area (Å²) in [7, 11) is 0. The summed E-state index contributed by atoms with van der Waals surface area (Å²) >= 11 is 0. The summed E-state index contributed by atoms with van der Waals surface area (Å²) in [6, 6.07) is 15.1. The van der Waals surface area contributed by atoms with E-state index in [-0.39, 0.29) is 17.1 Å². The molecule has 0 saturated heterocycles. The Balaban J connectivity index is 2.15. The van der Waals surface area contributed by atoms with Crippen LogP contribution in [0.25, 0.3) is 22.5 Å². The fraction of sp³-hybridized carbons (Fsp3) is 0. The molecule has 0 atom stereocenters. The lowest BCUT2D eigenvalue weighted by Gasteiger charge is -2.09. The molecule has 2 heterocycles. The minimum atomic E-state index is -0.469. The molecule has 2 N–H and O–H groups in total. The topological polar surface area (TPSA) is 119 Å². The second-order valence-corrected chi connectivity index (χ2v) is 4.95. The molecule has 7 nitrogen and oxygen atoms in total. The molecule has 24 heavy (non-hydrogen) atoms. The predicted molar refractivity (Wildman–Crippen MR) is 88.7 cm³/mol. The van der Waals surface area contributed by atoms with Crippen LogP contribution >= 0.6 is 0 Å². The standard InChI is InChI=1S/C17H11N5O2/c18-10-14-13(15-3-1-2-8-20-15)9-16(21-17(14)19)11-4-6-12(7-5-11)22(23)24/h1-9H,(H2,19,21). The molecule has 0 amide bonds. The minimum Gasteiger partial charge on any atom is -0.383 e. The van der Waals surface area contributed by atoms with Crippen LogP contribution in [-0.4, -0.2) is 14.9 Å². The Morgan fingerprint density at radius 1 is 1.12 bits per heavy atom. The number of nitro benzene ring substituents is 1. The monoisotopic (exact) mass is 317 g/mol. The Hall–Kier alpha value is -3.79. The van der Waals surface area contributed by atoms with Gasteiger partial charge in [0.25, 0.3) is 5.69 Å². The van der Waals surface area contributed by atoms with E-state index in [1.807, 2.05) is 12.1 Å². The van der Waals surface area contributed by atoms with Crippen LogP contribution in [0.3, 0.4) is 0 Å². The van der Waals surface area contributed by atoms with Crippen LogP contribution in [-0.2, 0) is 0 Å². The van der Waals surface area contributed by atoms with Crippen molar-refractivity contribution in [1.29, 1.82) is 5.26 Å². The number of nitrogens with two attached hydrogens (primary N) is 1. The van der Waals surface area contributed by atoms with Crippen molar-refractivity contribution in [2.45, 2.75) is 0 Å². The maximum atomic E-state index is 10.8. The number of pyridine rings is 2. The molecule has 0 bridgehead atoms. The van der Waals surface area contributed by atoms with Gasteiger partial charge in [-0.1, -0.05) is 6.07 Å². The number of nitrogen functional groups attached to an aromatic ring is 1. The van der Waals surface area contributed by atoms with E-state index >= 15 is 0 Å². The van der Waals surface area contributed by atoms with Crippen molar-refractivity contribution < 1.29 is 4.92 Å². The molecule has 0 spiro atoms.